The lowest BCUT2D eigenvalue weighted by molar-refractivity contribution is -0.384. The summed E-state index contributed by atoms with van der Waals surface area (Å²) < 4.78 is 5.49. The van der Waals surface area contributed by atoms with Crippen LogP contribution in [0.4, 0.5) is 5.69 Å². The molecule has 0 radical (unpaired) electrons. The van der Waals surface area contributed by atoms with Crippen molar-refractivity contribution in [2.24, 2.45) is 4.99 Å². The fraction of sp³-hybridized carbons (Fsp3) is 0.333. The van der Waals surface area contributed by atoms with Gasteiger partial charge in [0.25, 0.3) is 5.69 Å². The zero-order chi connectivity index (χ0) is 16.8. The summed E-state index contributed by atoms with van der Waals surface area (Å²) in [6.45, 7) is 4.69. The van der Waals surface area contributed by atoms with Crippen LogP contribution in [0.3, 0.4) is 0 Å². The van der Waals surface area contributed by atoms with Crippen LogP contribution in [0.2, 0.25) is 0 Å². The molecule has 130 valence electrons. The minimum absolute atomic E-state index is 0. The summed E-state index contributed by atoms with van der Waals surface area (Å²) in [4.78, 5) is 18.6. The standard InChI is InChI=1S/C15H19N5O3.HI/c1-10-11(2)23-14(19-10)9-18-15(16-3)17-8-12-4-6-13(7-5-12)20(21)22;/h4-7H,8-9H2,1-3H3,(H2,16,17,18);1H. The van der Waals surface area contributed by atoms with Gasteiger partial charge in [-0.3, -0.25) is 15.1 Å². The highest BCUT2D eigenvalue weighted by molar-refractivity contribution is 14.0. The molecular weight excluding hydrogens is 425 g/mol. The average molecular weight is 445 g/mol. The van der Waals surface area contributed by atoms with Gasteiger partial charge in [0.2, 0.25) is 5.89 Å². The van der Waals surface area contributed by atoms with E-state index in [0.29, 0.717) is 24.9 Å². The van der Waals surface area contributed by atoms with Gasteiger partial charge in [-0.15, -0.1) is 24.0 Å². The van der Waals surface area contributed by atoms with E-state index in [0.717, 1.165) is 17.0 Å². The monoisotopic (exact) mass is 445 g/mol. The molecule has 1 aromatic carbocycles. The molecule has 24 heavy (non-hydrogen) atoms. The number of nitro benzene ring substituents is 1. The minimum atomic E-state index is -0.419. The number of guanidine groups is 1. The van der Waals surface area contributed by atoms with Crippen LogP contribution in [0.25, 0.3) is 0 Å². The molecule has 0 saturated heterocycles. The zero-order valence-corrected chi connectivity index (χ0v) is 16.0. The Morgan fingerprint density at radius 1 is 1.25 bits per heavy atom. The van der Waals surface area contributed by atoms with Crippen LogP contribution < -0.4 is 10.6 Å². The van der Waals surface area contributed by atoms with Gasteiger partial charge < -0.3 is 15.1 Å². The Morgan fingerprint density at radius 3 is 2.38 bits per heavy atom. The number of hydrogen-bond donors (Lipinski definition) is 2. The van der Waals surface area contributed by atoms with Crippen LogP contribution in [-0.2, 0) is 13.1 Å². The Bertz CT molecular complexity index is 693. The smallest absolute Gasteiger partial charge is 0.269 e. The molecule has 1 aromatic heterocycles. The first kappa shape index (κ1) is 19.9. The number of rotatable bonds is 5. The normalized spacial score (nSPS) is 10.9. The molecule has 0 saturated carbocycles. The van der Waals surface area contributed by atoms with E-state index in [2.05, 4.69) is 20.6 Å². The van der Waals surface area contributed by atoms with Crippen molar-refractivity contribution in [1.29, 1.82) is 0 Å². The van der Waals surface area contributed by atoms with E-state index in [9.17, 15) is 10.1 Å². The van der Waals surface area contributed by atoms with E-state index < -0.39 is 4.92 Å². The van der Waals surface area contributed by atoms with Gasteiger partial charge >= 0.3 is 0 Å². The van der Waals surface area contributed by atoms with Crippen molar-refractivity contribution in [1.82, 2.24) is 15.6 Å². The Hall–Kier alpha value is -2.17. The molecule has 2 aromatic rings. The Kier molecular flexibility index (Phi) is 7.62. The van der Waals surface area contributed by atoms with Crippen LogP contribution in [-0.4, -0.2) is 22.9 Å². The van der Waals surface area contributed by atoms with E-state index in [1.165, 1.54) is 12.1 Å². The van der Waals surface area contributed by atoms with Gasteiger partial charge in [0, 0.05) is 25.7 Å². The van der Waals surface area contributed by atoms with Crippen molar-refractivity contribution in [2.45, 2.75) is 26.9 Å². The molecule has 0 atom stereocenters. The van der Waals surface area contributed by atoms with E-state index >= 15 is 0 Å². The second-order valence-electron chi connectivity index (χ2n) is 4.95. The zero-order valence-electron chi connectivity index (χ0n) is 13.7. The molecule has 1 heterocycles. The third kappa shape index (κ3) is 5.48. The second kappa shape index (κ2) is 9.21. The van der Waals surface area contributed by atoms with Crippen molar-refractivity contribution < 1.29 is 9.34 Å². The molecule has 0 amide bonds. The lowest BCUT2D eigenvalue weighted by Gasteiger charge is -2.10. The van der Waals surface area contributed by atoms with Crippen molar-refractivity contribution in [3.63, 3.8) is 0 Å². The molecule has 0 aliphatic carbocycles. The van der Waals surface area contributed by atoms with E-state index in [-0.39, 0.29) is 29.7 Å². The van der Waals surface area contributed by atoms with Gasteiger partial charge in [-0.2, -0.15) is 0 Å². The van der Waals surface area contributed by atoms with Crippen LogP contribution in [0.1, 0.15) is 22.9 Å². The van der Waals surface area contributed by atoms with Crippen LogP contribution in [0.5, 0.6) is 0 Å². The second-order valence-corrected chi connectivity index (χ2v) is 4.95. The summed E-state index contributed by atoms with van der Waals surface area (Å²) in [5.74, 6) is 1.99. The maximum Gasteiger partial charge on any atom is 0.269 e. The molecular formula is C15H20IN5O3. The van der Waals surface area contributed by atoms with E-state index in [1.807, 2.05) is 13.8 Å². The number of nitro groups is 1. The molecule has 0 aliphatic heterocycles. The van der Waals surface area contributed by atoms with Gasteiger partial charge in [0.05, 0.1) is 17.2 Å². The number of halogens is 1. The third-order valence-corrected chi connectivity index (χ3v) is 3.31. The number of hydrogen-bond acceptors (Lipinski definition) is 5. The lowest BCUT2D eigenvalue weighted by Crippen LogP contribution is -2.36. The van der Waals surface area contributed by atoms with Gasteiger partial charge in [-0.05, 0) is 19.4 Å². The molecule has 0 aliphatic rings. The Labute approximate surface area is 156 Å². The number of oxazole rings is 1. The molecule has 0 bridgehead atoms. The molecule has 9 heteroatoms. The predicted octanol–water partition coefficient (Wildman–Crippen LogP) is 2.68. The summed E-state index contributed by atoms with van der Waals surface area (Å²) in [7, 11) is 1.66. The first-order valence-electron chi connectivity index (χ1n) is 7.10. The quantitative estimate of drug-likeness (QED) is 0.241. The summed E-state index contributed by atoms with van der Waals surface area (Å²) in [5.41, 5.74) is 1.86. The van der Waals surface area contributed by atoms with E-state index in [1.54, 1.807) is 19.2 Å². The number of nitrogens with zero attached hydrogens (tertiary/aromatic N) is 3. The van der Waals surface area contributed by atoms with Gasteiger partial charge in [0.1, 0.15) is 5.76 Å². The minimum Gasteiger partial charge on any atom is -0.444 e. The van der Waals surface area contributed by atoms with Crippen molar-refractivity contribution in [3.8, 4) is 0 Å². The number of aryl methyl sites for hydroxylation is 2. The predicted molar refractivity (Wildman–Crippen MR) is 102 cm³/mol. The number of aliphatic imine (C=N–C) groups is 1. The summed E-state index contributed by atoms with van der Waals surface area (Å²) >= 11 is 0. The van der Waals surface area contributed by atoms with Gasteiger partial charge in [0.15, 0.2) is 5.96 Å². The number of non-ortho nitro benzene ring substituents is 1. The van der Waals surface area contributed by atoms with Gasteiger partial charge in [-0.1, -0.05) is 12.1 Å². The fourth-order valence-corrected chi connectivity index (χ4v) is 1.92. The topological polar surface area (TPSA) is 106 Å². The first-order chi connectivity index (χ1) is 11.0. The van der Waals surface area contributed by atoms with Crippen LogP contribution >= 0.6 is 24.0 Å². The van der Waals surface area contributed by atoms with Crippen LogP contribution in [0, 0.1) is 24.0 Å². The van der Waals surface area contributed by atoms with Crippen molar-refractivity contribution in [2.75, 3.05) is 7.05 Å². The maximum atomic E-state index is 10.6. The number of benzene rings is 1. The number of aromatic nitrogens is 1. The summed E-state index contributed by atoms with van der Waals surface area (Å²) in [6.07, 6.45) is 0. The summed E-state index contributed by atoms with van der Waals surface area (Å²) in [5, 5.41) is 16.8. The molecule has 8 nitrogen and oxygen atoms in total. The van der Waals surface area contributed by atoms with Crippen LogP contribution in [0.15, 0.2) is 33.7 Å². The molecule has 2 rings (SSSR count). The molecule has 0 fully saturated rings. The highest BCUT2D eigenvalue weighted by atomic mass is 127. The largest absolute Gasteiger partial charge is 0.444 e. The first-order valence-corrected chi connectivity index (χ1v) is 7.10. The molecule has 0 unspecified atom stereocenters. The Balaban J connectivity index is 0.00000288. The third-order valence-electron chi connectivity index (χ3n) is 3.31. The SMILES string of the molecule is CN=C(NCc1ccc([N+](=O)[O-])cc1)NCc1nc(C)c(C)o1.I. The summed E-state index contributed by atoms with van der Waals surface area (Å²) in [6, 6.07) is 6.37. The van der Waals surface area contributed by atoms with Crippen molar-refractivity contribution in [3.05, 3.63) is 57.3 Å². The van der Waals surface area contributed by atoms with Gasteiger partial charge in [-0.25, -0.2) is 4.98 Å². The molecule has 2 N–H and O–H groups in total. The number of nitrogens with one attached hydrogen (secondary N) is 2. The average Bonchev–Trinajstić information content (AvgIpc) is 2.86. The van der Waals surface area contributed by atoms with Crippen molar-refractivity contribution >= 4 is 35.6 Å². The molecule has 0 spiro atoms. The fourth-order valence-electron chi connectivity index (χ4n) is 1.92. The lowest BCUT2D eigenvalue weighted by atomic mass is 10.2. The highest BCUT2D eigenvalue weighted by Crippen LogP contribution is 2.11. The highest BCUT2D eigenvalue weighted by Gasteiger charge is 2.07. The maximum absolute atomic E-state index is 10.6. The Morgan fingerprint density at radius 2 is 1.88 bits per heavy atom. The van der Waals surface area contributed by atoms with E-state index in [4.69, 9.17) is 4.42 Å².